The summed E-state index contributed by atoms with van der Waals surface area (Å²) in [6.45, 7) is 2.08. The van der Waals surface area contributed by atoms with Gasteiger partial charge in [0.1, 0.15) is 5.82 Å². The molecular weight excluding hydrogens is 331 g/mol. The third-order valence-electron chi connectivity index (χ3n) is 5.37. The molecule has 4 nitrogen and oxygen atoms in total. The Kier molecular flexibility index (Phi) is 5.20. The highest BCUT2D eigenvalue weighted by atomic mass is 19.4. The predicted molar refractivity (Wildman–Crippen MR) is 89.2 cm³/mol. The lowest BCUT2D eigenvalue weighted by Gasteiger charge is -2.36. The molecule has 0 bridgehead atoms. The normalized spacial score (nSPS) is 19.6. The molecule has 138 valence electrons. The third-order valence-corrected chi connectivity index (χ3v) is 5.37. The average Bonchev–Trinajstić information content (AvgIpc) is 2.53. The van der Waals surface area contributed by atoms with Crippen LogP contribution < -0.4 is 4.90 Å². The van der Waals surface area contributed by atoms with Crippen LogP contribution in [-0.4, -0.2) is 42.5 Å². The van der Waals surface area contributed by atoms with E-state index in [1.54, 1.807) is 0 Å². The number of nitrogens with zero attached hydrogens (tertiary/aromatic N) is 3. The van der Waals surface area contributed by atoms with Gasteiger partial charge in [0.05, 0.1) is 5.56 Å². The van der Waals surface area contributed by atoms with Gasteiger partial charge in [0.25, 0.3) is 0 Å². The smallest absolute Gasteiger partial charge is 0.357 e. The molecule has 1 aromatic rings. The van der Waals surface area contributed by atoms with Crippen LogP contribution in [0.25, 0.3) is 0 Å². The minimum atomic E-state index is -4.35. The van der Waals surface area contributed by atoms with Crippen LogP contribution in [-0.2, 0) is 11.0 Å². The van der Waals surface area contributed by atoms with Gasteiger partial charge in [-0.25, -0.2) is 4.98 Å². The van der Waals surface area contributed by atoms with Crippen LogP contribution in [0, 0.1) is 11.8 Å². The molecule has 1 aromatic heterocycles. The van der Waals surface area contributed by atoms with Crippen LogP contribution in [0.1, 0.15) is 37.7 Å². The van der Waals surface area contributed by atoms with Crippen molar-refractivity contribution in [1.82, 2.24) is 9.88 Å². The summed E-state index contributed by atoms with van der Waals surface area (Å²) in [6, 6.07) is 2.11. The van der Waals surface area contributed by atoms with E-state index in [4.69, 9.17) is 0 Å². The Hall–Kier alpha value is -1.79. The lowest BCUT2D eigenvalue weighted by molar-refractivity contribution is -0.138. The summed E-state index contributed by atoms with van der Waals surface area (Å²) in [5.74, 6) is 1.23. The van der Waals surface area contributed by atoms with Crippen LogP contribution in [0.15, 0.2) is 18.3 Å². The fourth-order valence-corrected chi connectivity index (χ4v) is 3.56. The van der Waals surface area contributed by atoms with E-state index < -0.39 is 11.7 Å². The molecule has 1 saturated heterocycles. The lowest BCUT2D eigenvalue weighted by Crippen LogP contribution is -2.42. The molecule has 0 aromatic carbocycles. The quantitative estimate of drug-likeness (QED) is 0.828. The van der Waals surface area contributed by atoms with E-state index >= 15 is 0 Å². The summed E-state index contributed by atoms with van der Waals surface area (Å²) in [5, 5.41) is 0. The molecular formula is C18H24F3N3O. The number of carbonyl (C=O) groups excluding carboxylic acids is 1. The lowest BCUT2D eigenvalue weighted by atomic mass is 9.84. The van der Waals surface area contributed by atoms with Gasteiger partial charge in [-0.05, 0) is 43.7 Å². The van der Waals surface area contributed by atoms with E-state index in [2.05, 4.69) is 4.98 Å². The number of alkyl halides is 3. The van der Waals surface area contributed by atoms with Crippen LogP contribution in [0.4, 0.5) is 19.0 Å². The predicted octanol–water partition coefficient (Wildman–Crippen LogP) is 3.58. The van der Waals surface area contributed by atoms with Gasteiger partial charge < -0.3 is 9.80 Å². The van der Waals surface area contributed by atoms with Crippen molar-refractivity contribution in [2.45, 2.75) is 38.3 Å². The zero-order valence-electron chi connectivity index (χ0n) is 14.4. The number of hydrogen-bond donors (Lipinski definition) is 0. The summed E-state index contributed by atoms with van der Waals surface area (Å²) in [7, 11) is 1.86. The fourth-order valence-electron chi connectivity index (χ4n) is 3.56. The third kappa shape index (κ3) is 4.25. The number of halogens is 3. The van der Waals surface area contributed by atoms with Crippen molar-refractivity contribution in [1.29, 1.82) is 0 Å². The molecule has 1 amide bonds. The zero-order chi connectivity index (χ0) is 18.0. The van der Waals surface area contributed by atoms with Crippen molar-refractivity contribution in [3.05, 3.63) is 23.9 Å². The number of aromatic nitrogens is 1. The van der Waals surface area contributed by atoms with Crippen molar-refractivity contribution < 1.29 is 18.0 Å². The summed E-state index contributed by atoms with van der Waals surface area (Å²) >= 11 is 0. The maximum atomic E-state index is 12.8. The van der Waals surface area contributed by atoms with Crippen molar-refractivity contribution in [3.63, 3.8) is 0 Å². The monoisotopic (exact) mass is 355 g/mol. The first-order chi connectivity index (χ1) is 11.8. The van der Waals surface area contributed by atoms with Crippen LogP contribution in [0.3, 0.4) is 0 Å². The summed E-state index contributed by atoms with van der Waals surface area (Å²) in [5.41, 5.74) is -0.662. The molecule has 7 heteroatoms. The van der Waals surface area contributed by atoms with Gasteiger partial charge in [0.15, 0.2) is 0 Å². The van der Waals surface area contributed by atoms with E-state index in [1.165, 1.54) is 6.20 Å². The second-order valence-electron chi connectivity index (χ2n) is 7.18. The number of hydrogen-bond acceptors (Lipinski definition) is 3. The van der Waals surface area contributed by atoms with Gasteiger partial charge in [0, 0.05) is 38.8 Å². The second-order valence-corrected chi connectivity index (χ2v) is 7.18. The number of rotatable bonds is 4. The van der Waals surface area contributed by atoms with Gasteiger partial charge in [-0.1, -0.05) is 6.42 Å². The molecule has 3 rings (SSSR count). The van der Waals surface area contributed by atoms with E-state index in [0.29, 0.717) is 24.8 Å². The number of anilines is 1. The first-order valence-corrected chi connectivity index (χ1v) is 8.88. The number of pyridine rings is 1. The highest BCUT2D eigenvalue weighted by Crippen LogP contribution is 2.32. The minimum absolute atomic E-state index is 0.208. The van der Waals surface area contributed by atoms with Crippen LogP contribution in [0.5, 0.6) is 0 Å². The van der Waals surface area contributed by atoms with Crippen molar-refractivity contribution in [3.8, 4) is 0 Å². The van der Waals surface area contributed by atoms with Crippen molar-refractivity contribution in [2.75, 3.05) is 31.6 Å². The van der Waals surface area contributed by atoms with Gasteiger partial charge in [-0.15, -0.1) is 0 Å². The van der Waals surface area contributed by atoms with Crippen LogP contribution in [0.2, 0.25) is 0 Å². The Bertz CT molecular complexity index is 608. The first kappa shape index (κ1) is 18.0. The summed E-state index contributed by atoms with van der Waals surface area (Å²) in [4.78, 5) is 20.1. The van der Waals surface area contributed by atoms with Gasteiger partial charge in [-0.3, -0.25) is 4.79 Å². The molecule has 1 aliphatic heterocycles. The SMILES string of the molecule is CN(CC1CCN(c2cc(C(F)(F)F)ccn2)CC1)C(=O)C1CCC1. The molecule has 2 aliphatic rings. The molecule has 25 heavy (non-hydrogen) atoms. The molecule has 1 saturated carbocycles. The molecule has 0 radical (unpaired) electrons. The topological polar surface area (TPSA) is 36.4 Å². The minimum Gasteiger partial charge on any atom is -0.357 e. The Balaban J connectivity index is 1.52. The number of piperidine rings is 1. The second kappa shape index (κ2) is 7.22. The Morgan fingerprint density at radius 3 is 2.52 bits per heavy atom. The van der Waals surface area contributed by atoms with Gasteiger partial charge in [-0.2, -0.15) is 13.2 Å². The van der Waals surface area contributed by atoms with Gasteiger partial charge in [0.2, 0.25) is 5.91 Å². The van der Waals surface area contributed by atoms with E-state index in [9.17, 15) is 18.0 Å². The number of amides is 1. The Morgan fingerprint density at radius 2 is 1.96 bits per heavy atom. The average molecular weight is 355 g/mol. The standard InChI is InChI=1S/C18H24F3N3O/c1-23(17(25)14-3-2-4-14)12-13-6-9-24(10-7-13)16-11-15(5-8-22-16)18(19,20)21/h5,8,11,13-14H,2-4,6-7,9-10,12H2,1H3. The molecule has 0 spiro atoms. The molecule has 0 atom stereocenters. The highest BCUT2D eigenvalue weighted by Gasteiger charge is 2.32. The van der Waals surface area contributed by atoms with E-state index in [0.717, 1.165) is 50.8 Å². The van der Waals surface area contributed by atoms with Gasteiger partial charge >= 0.3 is 6.18 Å². The number of carbonyl (C=O) groups is 1. The largest absolute Gasteiger partial charge is 0.416 e. The van der Waals surface area contributed by atoms with Crippen molar-refractivity contribution >= 4 is 11.7 Å². The summed E-state index contributed by atoms with van der Waals surface area (Å²) in [6.07, 6.45) is 1.74. The van der Waals surface area contributed by atoms with Crippen molar-refractivity contribution in [2.24, 2.45) is 11.8 Å². The maximum absolute atomic E-state index is 12.8. The maximum Gasteiger partial charge on any atom is 0.416 e. The van der Waals surface area contributed by atoms with Crippen LogP contribution >= 0.6 is 0 Å². The molecule has 0 N–H and O–H groups in total. The molecule has 2 heterocycles. The van der Waals surface area contributed by atoms with E-state index in [-0.39, 0.29) is 11.8 Å². The zero-order valence-corrected chi connectivity index (χ0v) is 14.4. The molecule has 2 fully saturated rings. The highest BCUT2D eigenvalue weighted by molar-refractivity contribution is 5.79. The first-order valence-electron chi connectivity index (χ1n) is 8.88. The Labute approximate surface area is 146 Å². The molecule has 0 unspecified atom stereocenters. The fraction of sp³-hybridized carbons (Fsp3) is 0.667. The van der Waals surface area contributed by atoms with E-state index in [1.807, 2.05) is 16.8 Å². The summed E-state index contributed by atoms with van der Waals surface area (Å²) < 4.78 is 38.5. The Morgan fingerprint density at radius 1 is 1.28 bits per heavy atom. The molecule has 1 aliphatic carbocycles.